The summed E-state index contributed by atoms with van der Waals surface area (Å²) in [7, 11) is 4.55. The average molecular weight is 367 g/mol. The number of anilines is 1. The largest absolute Gasteiger partial charge is 0.493 e. The Hall–Kier alpha value is -3.35. The van der Waals surface area contributed by atoms with Gasteiger partial charge >= 0.3 is 0 Å². The molecule has 140 valence electrons. The van der Waals surface area contributed by atoms with Gasteiger partial charge in [-0.1, -0.05) is 0 Å². The van der Waals surface area contributed by atoms with Crippen molar-refractivity contribution in [3.63, 3.8) is 0 Å². The van der Waals surface area contributed by atoms with Gasteiger partial charge in [0.25, 0.3) is 5.91 Å². The molecule has 0 aliphatic rings. The molecule has 0 spiro atoms. The number of rotatable bonds is 5. The van der Waals surface area contributed by atoms with Gasteiger partial charge in [-0.2, -0.15) is 0 Å². The van der Waals surface area contributed by atoms with Gasteiger partial charge in [-0.15, -0.1) is 0 Å². The van der Waals surface area contributed by atoms with Crippen molar-refractivity contribution in [1.29, 1.82) is 0 Å². The van der Waals surface area contributed by atoms with Crippen LogP contribution in [0.4, 0.5) is 5.69 Å². The second-order valence-corrected chi connectivity index (χ2v) is 6.03. The molecule has 27 heavy (non-hydrogen) atoms. The number of aryl methyl sites for hydroxylation is 2. The lowest BCUT2D eigenvalue weighted by atomic mass is 10.1. The number of carbonyl (C=O) groups is 1. The van der Waals surface area contributed by atoms with E-state index < -0.39 is 5.91 Å². The smallest absolute Gasteiger partial charge is 0.279 e. The predicted molar refractivity (Wildman–Crippen MR) is 103 cm³/mol. The fourth-order valence-electron chi connectivity index (χ4n) is 2.69. The van der Waals surface area contributed by atoms with Crippen LogP contribution < -0.4 is 19.5 Å². The Bertz CT molecular complexity index is 1020. The molecule has 1 aromatic heterocycles. The molecule has 7 nitrogen and oxygen atoms in total. The molecular formula is C20H21N3O4. The van der Waals surface area contributed by atoms with Crippen LogP contribution in [-0.2, 0) is 0 Å². The number of aromatic nitrogens is 2. The third kappa shape index (κ3) is 3.62. The summed E-state index contributed by atoms with van der Waals surface area (Å²) in [5.74, 6) is 0.831. The van der Waals surface area contributed by atoms with Crippen molar-refractivity contribution in [1.82, 2.24) is 9.97 Å². The Labute approximate surface area is 157 Å². The highest BCUT2D eigenvalue weighted by Gasteiger charge is 2.18. The summed E-state index contributed by atoms with van der Waals surface area (Å²) in [6, 6.07) is 8.93. The first-order valence-corrected chi connectivity index (χ1v) is 8.33. The number of carbonyl (C=O) groups excluding carboxylic acids is 1. The molecule has 1 heterocycles. The van der Waals surface area contributed by atoms with E-state index in [0.717, 1.165) is 11.1 Å². The standard InChI is InChI=1S/C20H21N3O4/c1-11-8-14-15(9-12(11)2)23-20(27-5)18(22-14)19(24)21-13-6-7-16(25-3)17(10-13)26-4/h6-10H,1-5H3,(H,21,24). The molecular weight excluding hydrogens is 346 g/mol. The molecule has 0 aliphatic carbocycles. The Morgan fingerprint density at radius 1 is 0.852 bits per heavy atom. The van der Waals surface area contributed by atoms with Gasteiger partial charge in [0.15, 0.2) is 17.2 Å². The number of hydrogen-bond acceptors (Lipinski definition) is 6. The fourth-order valence-corrected chi connectivity index (χ4v) is 2.69. The van der Waals surface area contributed by atoms with Crippen LogP contribution in [0, 0.1) is 13.8 Å². The maximum Gasteiger partial charge on any atom is 0.279 e. The highest BCUT2D eigenvalue weighted by Crippen LogP contribution is 2.30. The molecule has 0 unspecified atom stereocenters. The van der Waals surface area contributed by atoms with Crippen LogP contribution in [0.1, 0.15) is 21.6 Å². The van der Waals surface area contributed by atoms with Crippen molar-refractivity contribution >= 4 is 22.6 Å². The number of nitrogens with zero attached hydrogens (tertiary/aromatic N) is 2. The Balaban J connectivity index is 1.98. The lowest BCUT2D eigenvalue weighted by Gasteiger charge is -2.12. The number of methoxy groups -OCH3 is 3. The first kappa shape index (κ1) is 18.4. The van der Waals surface area contributed by atoms with Gasteiger partial charge in [0, 0.05) is 11.8 Å². The van der Waals surface area contributed by atoms with Crippen LogP contribution in [-0.4, -0.2) is 37.2 Å². The zero-order valence-electron chi connectivity index (χ0n) is 15.9. The summed E-state index contributed by atoms with van der Waals surface area (Å²) in [5.41, 5.74) is 4.15. The molecule has 3 rings (SSSR count). The van der Waals surface area contributed by atoms with Crippen LogP contribution in [0.2, 0.25) is 0 Å². The molecule has 0 bridgehead atoms. The van der Waals surface area contributed by atoms with E-state index in [0.29, 0.717) is 28.2 Å². The number of amides is 1. The second kappa shape index (κ2) is 7.49. The van der Waals surface area contributed by atoms with E-state index in [2.05, 4.69) is 15.3 Å². The van der Waals surface area contributed by atoms with E-state index >= 15 is 0 Å². The second-order valence-electron chi connectivity index (χ2n) is 6.03. The molecule has 1 amide bonds. The molecule has 1 N–H and O–H groups in total. The van der Waals surface area contributed by atoms with Gasteiger partial charge in [0.05, 0.1) is 32.4 Å². The lowest BCUT2D eigenvalue weighted by Crippen LogP contribution is -2.16. The van der Waals surface area contributed by atoms with E-state index in [1.807, 2.05) is 26.0 Å². The number of benzene rings is 2. The summed E-state index contributed by atoms with van der Waals surface area (Å²) in [5, 5.41) is 2.79. The van der Waals surface area contributed by atoms with Crippen molar-refractivity contribution < 1.29 is 19.0 Å². The van der Waals surface area contributed by atoms with Crippen molar-refractivity contribution in [2.24, 2.45) is 0 Å². The molecule has 3 aromatic rings. The third-order valence-corrected chi connectivity index (χ3v) is 4.30. The van der Waals surface area contributed by atoms with Crippen LogP contribution in [0.5, 0.6) is 17.4 Å². The van der Waals surface area contributed by atoms with Crippen LogP contribution in [0.15, 0.2) is 30.3 Å². The zero-order valence-corrected chi connectivity index (χ0v) is 15.9. The average Bonchev–Trinajstić information content (AvgIpc) is 2.67. The van der Waals surface area contributed by atoms with Crippen molar-refractivity contribution in [3.8, 4) is 17.4 Å². The van der Waals surface area contributed by atoms with Crippen LogP contribution in [0.3, 0.4) is 0 Å². The van der Waals surface area contributed by atoms with E-state index in [-0.39, 0.29) is 11.6 Å². The van der Waals surface area contributed by atoms with E-state index in [1.165, 1.54) is 14.2 Å². The maximum atomic E-state index is 12.8. The molecule has 0 radical (unpaired) electrons. The molecule has 0 fully saturated rings. The molecule has 0 saturated heterocycles. The normalized spacial score (nSPS) is 10.6. The Kier molecular flexibility index (Phi) is 5.12. The van der Waals surface area contributed by atoms with Gasteiger partial charge in [-0.25, -0.2) is 9.97 Å². The lowest BCUT2D eigenvalue weighted by molar-refractivity contribution is 0.101. The molecule has 0 atom stereocenters. The highest BCUT2D eigenvalue weighted by molar-refractivity contribution is 6.05. The van der Waals surface area contributed by atoms with E-state index in [4.69, 9.17) is 14.2 Å². The fraction of sp³-hybridized carbons (Fsp3) is 0.250. The van der Waals surface area contributed by atoms with Gasteiger partial charge < -0.3 is 19.5 Å². The number of fused-ring (bicyclic) bond motifs is 1. The maximum absolute atomic E-state index is 12.8. The van der Waals surface area contributed by atoms with Crippen molar-refractivity contribution in [2.45, 2.75) is 13.8 Å². The molecule has 2 aromatic carbocycles. The predicted octanol–water partition coefficient (Wildman–Crippen LogP) is 3.52. The zero-order chi connectivity index (χ0) is 19.6. The molecule has 0 saturated carbocycles. The summed E-state index contributed by atoms with van der Waals surface area (Å²) < 4.78 is 15.8. The molecule has 0 aliphatic heterocycles. The first-order chi connectivity index (χ1) is 13.0. The number of hydrogen-bond donors (Lipinski definition) is 1. The highest BCUT2D eigenvalue weighted by atomic mass is 16.5. The van der Waals surface area contributed by atoms with E-state index in [1.54, 1.807) is 25.3 Å². The summed E-state index contributed by atoms with van der Waals surface area (Å²) in [4.78, 5) is 21.7. The Morgan fingerprint density at radius 3 is 2.07 bits per heavy atom. The van der Waals surface area contributed by atoms with Crippen LogP contribution >= 0.6 is 0 Å². The first-order valence-electron chi connectivity index (χ1n) is 8.33. The number of ether oxygens (including phenoxy) is 3. The van der Waals surface area contributed by atoms with Crippen molar-refractivity contribution in [2.75, 3.05) is 26.6 Å². The SMILES string of the molecule is COc1ccc(NC(=O)c2nc3cc(C)c(C)cc3nc2OC)cc1OC. The number of nitrogens with one attached hydrogen (secondary N) is 1. The van der Waals surface area contributed by atoms with Gasteiger partial charge in [-0.3, -0.25) is 4.79 Å². The van der Waals surface area contributed by atoms with E-state index in [9.17, 15) is 4.79 Å². The molecule has 7 heteroatoms. The monoisotopic (exact) mass is 367 g/mol. The minimum atomic E-state index is -0.424. The Morgan fingerprint density at radius 2 is 1.48 bits per heavy atom. The summed E-state index contributed by atoms with van der Waals surface area (Å²) >= 11 is 0. The van der Waals surface area contributed by atoms with Gasteiger partial charge in [0.1, 0.15) is 0 Å². The topological polar surface area (TPSA) is 82.6 Å². The minimum Gasteiger partial charge on any atom is -0.493 e. The van der Waals surface area contributed by atoms with Crippen LogP contribution in [0.25, 0.3) is 11.0 Å². The summed E-state index contributed by atoms with van der Waals surface area (Å²) in [6.45, 7) is 3.99. The summed E-state index contributed by atoms with van der Waals surface area (Å²) in [6.07, 6.45) is 0. The van der Waals surface area contributed by atoms with Gasteiger partial charge in [0.2, 0.25) is 5.88 Å². The van der Waals surface area contributed by atoms with Gasteiger partial charge in [-0.05, 0) is 49.2 Å². The third-order valence-electron chi connectivity index (χ3n) is 4.30. The minimum absolute atomic E-state index is 0.114. The van der Waals surface area contributed by atoms with Crippen molar-refractivity contribution in [3.05, 3.63) is 47.2 Å². The quantitative estimate of drug-likeness (QED) is 0.743.